The Kier molecular flexibility index (Phi) is 3.07. The number of aromatic nitrogens is 3. The van der Waals surface area contributed by atoms with E-state index in [2.05, 4.69) is 15.5 Å². The molecule has 0 fully saturated rings. The van der Waals surface area contributed by atoms with E-state index in [1.165, 1.54) is 0 Å². The second-order valence-electron chi connectivity index (χ2n) is 4.46. The number of fused-ring (bicyclic) bond motifs is 1. The van der Waals surface area contributed by atoms with Crippen LogP contribution in [0.3, 0.4) is 0 Å². The van der Waals surface area contributed by atoms with E-state index >= 15 is 0 Å². The van der Waals surface area contributed by atoms with Crippen LogP contribution in [0.2, 0.25) is 0 Å². The predicted octanol–water partition coefficient (Wildman–Crippen LogP) is -0.776. The van der Waals surface area contributed by atoms with Crippen LogP contribution >= 0.6 is 0 Å². The highest BCUT2D eigenvalue weighted by atomic mass is 16.1. The Morgan fingerprint density at radius 2 is 2.10 bits per heavy atom. The molecule has 5 N–H and O–H groups in total. The number of hydrogen-bond donors (Lipinski definition) is 3. The molecule has 0 radical (unpaired) electrons. The monoisotopic (exact) mass is 281 g/mol. The van der Waals surface area contributed by atoms with Gasteiger partial charge in [-0.3, -0.25) is 15.9 Å². The van der Waals surface area contributed by atoms with E-state index in [9.17, 15) is 4.79 Å². The number of nitrogens with zero attached hydrogens (tertiary/aromatic N) is 3. The molecule has 21 heavy (non-hydrogen) atoms. The number of nitrogens with two attached hydrogens (primary N) is 2. The van der Waals surface area contributed by atoms with Gasteiger partial charge < -0.3 is 4.57 Å². The van der Waals surface area contributed by atoms with Crippen molar-refractivity contribution in [3.8, 4) is 5.69 Å². The average molecular weight is 281 g/mol. The van der Waals surface area contributed by atoms with Crippen LogP contribution in [0.15, 0.2) is 48.9 Å². The van der Waals surface area contributed by atoms with E-state index in [0.717, 1.165) is 16.6 Å². The third kappa shape index (κ3) is 2.44. The zero-order valence-electron chi connectivity index (χ0n) is 11.0. The van der Waals surface area contributed by atoms with Crippen molar-refractivity contribution in [2.24, 2.45) is 5.73 Å². The van der Waals surface area contributed by atoms with E-state index in [1.807, 2.05) is 24.3 Å². The molecule has 1 aromatic carbocycles. The van der Waals surface area contributed by atoms with Gasteiger partial charge >= 0.3 is 11.9 Å². The molecule has 0 saturated carbocycles. The molecule has 0 aliphatic carbocycles. The lowest BCUT2D eigenvalue weighted by Gasteiger charge is -2.05. The Bertz CT molecular complexity index is 833. The van der Waals surface area contributed by atoms with Crippen LogP contribution in [-0.2, 0) is 0 Å². The van der Waals surface area contributed by atoms with Crippen molar-refractivity contribution in [1.82, 2.24) is 20.1 Å². The second kappa shape index (κ2) is 5.04. The minimum absolute atomic E-state index is 0.135. The van der Waals surface area contributed by atoms with Crippen LogP contribution < -0.4 is 16.5 Å². The molecule has 0 saturated heterocycles. The van der Waals surface area contributed by atoms with Crippen LogP contribution in [0.4, 0.5) is 0 Å². The van der Waals surface area contributed by atoms with E-state index in [4.69, 9.17) is 11.1 Å². The fraction of sp³-hybridized carbons (Fsp3) is 0. The minimum atomic E-state index is -0.361. The number of guanidine groups is 1. The molecular weight excluding hydrogens is 268 g/mol. The van der Waals surface area contributed by atoms with E-state index in [1.54, 1.807) is 29.2 Å². The number of nitrogens with one attached hydrogen (secondary N) is 1. The number of rotatable bonds is 2. The molecule has 0 bridgehead atoms. The maximum Gasteiger partial charge on any atom is 0.346 e. The maximum absolute atomic E-state index is 11.8. The van der Waals surface area contributed by atoms with Gasteiger partial charge in [0.15, 0.2) is 0 Å². The number of hydrogen-bond acceptors (Lipinski definition) is 3. The lowest BCUT2D eigenvalue weighted by atomic mass is 10.2. The van der Waals surface area contributed by atoms with Crippen LogP contribution in [0.1, 0.15) is 10.4 Å². The van der Waals surface area contributed by atoms with Crippen molar-refractivity contribution in [2.45, 2.75) is 0 Å². The first-order valence-electron chi connectivity index (χ1n) is 6.23. The van der Waals surface area contributed by atoms with Crippen molar-refractivity contribution < 1.29 is 10.2 Å². The fourth-order valence-corrected chi connectivity index (χ4v) is 2.08. The first-order valence-corrected chi connectivity index (χ1v) is 6.23. The Morgan fingerprint density at radius 1 is 1.29 bits per heavy atom. The number of amides is 1. The summed E-state index contributed by atoms with van der Waals surface area (Å²) >= 11 is 0. The average Bonchev–Trinajstić information content (AvgIpc) is 2.95. The zero-order valence-corrected chi connectivity index (χ0v) is 11.0. The fourth-order valence-electron chi connectivity index (χ4n) is 2.08. The van der Waals surface area contributed by atoms with Gasteiger partial charge in [0.05, 0.1) is 23.0 Å². The molecule has 2 heterocycles. The molecular formula is C14H13N6O+. The summed E-state index contributed by atoms with van der Waals surface area (Å²) in [5.74, 6) is -0.496. The lowest BCUT2D eigenvalue weighted by Crippen LogP contribution is -2.56. The Morgan fingerprint density at radius 3 is 2.90 bits per heavy atom. The van der Waals surface area contributed by atoms with Crippen LogP contribution in [0.25, 0.3) is 16.6 Å². The van der Waals surface area contributed by atoms with Gasteiger partial charge in [0.2, 0.25) is 0 Å². The molecule has 7 nitrogen and oxygen atoms in total. The van der Waals surface area contributed by atoms with Gasteiger partial charge in [-0.1, -0.05) is 18.2 Å². The SMILES string of the molecule is NC(=[NH2+])NC(=O)c1ccn(-c2cnnc3ccccc23)c1. The molecule has 0 spiro atoms. The van der Waals surface area contributed by atoms with Crippen LogP contribution in [0, 0.1) is 0 Å². The van der Waals surface area contributed by atoms with Gasteiger partial charge in [-0.05, 0) is 12.1 Å². The molecule has 3 aromatic rings. The second-order valence-corrected chi connectivity index (χ2v) is 4.46. The van der Waals surface area contributed by atoms with Gasteiger partial charge in [-0.25, -0.2) is 5.32 Å². The summed E-state index contributed by atoms with van der Waals surface area (Å²) in [5.41, 5.74) is 7.33. The summed E-state index contributed by atoms with van der Waals surface area (Å²) in [5, 5.41) is 16.6. The van der Waals surface area contributed by atoms with Crippen molar-refractivity contribution >= 4 is 22.8 Å². The molecule has 7 heteroatoms. The van der Waals surface area contributed by atoms with E-state index in [-0.39, 0.29) is 11.9 Å². The molecule has 104 valence electrons. The standard InChI is InChI=1S/C14H12N6O/c15-14(16)18-13(21)9-5-6-20(8-9)12-7-17-19-11-4-2-1-3-10(11)12/h1-8H,(H4,15,16,18,21)/p+1. The summed E-state index contributed by atoms with van der Waals surface area (Å²) in [6.45, 7) is 0. The first kappa shape index (κ1) is 12.8. The van der Waals surface area contributed by atoms with Gasteiger partial charge in [-0.15, -0.1) is 0 Å². The van der Waals surface area contributed by atoms with E-state index < -0.39 is 0 Å². The third-order valence-corrected chi connectivity index (χ3v) is 3.02. The van der Waals surface area contributed by atoms with Crippen molar-refractivity contribution in [2.75, 3.05) is 0 Å². The first-order chi connectivity index (χ1) is 10.1. The van der Waals surface area contributed by atoms with Crippen LogP contribution in [-0.4, -0.2) is 26.6 Å². The molecule has 2 aromatic heterocycles. The quantitative estimate of drug-likeness (QED) is 0.423. The predicted molar refractivity (Wildman–Crippen MR) is 77.5 cm³/mol. The molecule has 0 unspecified atom stereocenters. The number of carbonyl (C=O) groups is 1. The highest BCUT2D eigenvalue weighted by Gasteiger charge is 2.13. The topological polar surface area (TPSA) is 111 Å². The van der Waals surface area contributed by atoms with Crippen molar-refractivity contribution in [1.29, 1.82) is 0 Å². The Labute approximate surface area is 119 Å². The third-order valence-electron chi connectivity index (χ3n) is 3.02. The maximum atomic E-state index is 11.8. The summed E-state index contributed by atoms with van der Waals surface area (Å²) < 4.78 is 1.80. The Hall–Kier alpha value is -3.22. The van der Waals surface area contributed by atoms with Gasteiger partial charge in [0, 0.05) is 17.8 Å². The smallest absolute Gasteiger partial charge is 0.321 e. The lowest BCUT2D eigenvalue weighted by molar-refractivity contribution is -0.119. The van der Waals surface area contributed by atoms with E-state index in [0.29, 0.717) is 5.56 Å². The molecule has 3 rings (SSSR count). The van der Waals surface area contributed by atoms with Gasteiger partial charge in [-0.2, -0.15) is 10.2 Å². The van der Waals surface area contributed by atoms with Crippen LogP contribution in [0.5, 0.6) is 0 Å². The summed E-state index contributed by atoms with van der Waals surface area (Å²) in [6.07, 6.45) is 5.10. The largest absolute Gasteiger partial charge is 0.346 e. The zero-order chi connectivity index (χ0) is 14.8. The molecule has 0 atom stereocenters. The van der Waals surface area contributed by atoms with Gasteiger partial charge in [0.1, 0.15) is 0 Å². The molecule has 0 aliphatic rings. The molecule has 1 amide bonds. The highest BCUT2D eigenvalue weighted by molar-refractivity contribution is 6.03. The Balaban J connectivity index is 2.02. The van der Waals surface area contributed by atoms with Crippen molar-refractivity contribution in [3.05, 3.63) is 54.5 Å². The normalized spacial score (nSPS) is 10.5. The highest BCUT2D eigenvalue weighted by Crippen LogP contribution is 2.19. The van der Waals surface area contributed by atoms with Gasteiger partial charge in [0.25, 0.3) is 0 Å². The number of benzene rings is 1. The summed E-state index contributed by atoms with van der Waals surface area (Å²) in [6, 6.07) is 9.33. The minimum Gasteiger partial charge on any atom is -0.321 e. The molecule has 0 aliphatic heterocycles. The van der Waals surface area contributed by atoms with Crippen molar-refractivity contribution in [3.63, 3.8) is 0 Å². The summed E-state index contributed by atoms with van der Waals surface area (Å²) in [4.78, 5) is 11.8. The summed E-state index contributed by atoms with van der Waals surface area (Å²) in [7, 11) is 0. The number of carbonyl (C=O) groups excluding carboxylic acids is 1.